The molecular formula is C17H23NO2. The van der Waals surface area contributed by atoms with Crippen LogP contribution in [0, 0.1) is 6.92 Å². The lowest BCUT2D eigenvalue weighted by Gasteiger charge is -2.21. The van der Waals surface area contributed by atoms with Gasteiger partial charge in [0.25, 0.3) is 0 Å². The summed E-state index contributed by atoms with van der Waals surface area (Å²) < 4.78 is 5.34. The molecule has 2 aromatic rings. The van der Waals surface area contributed by atoms with E-state index in [0.29, 0.717) is 11.8 Å². The topological polar surface area (TPSA) is 45.4 Å². The largest absolute Gasteiger partial charge is 0.508 e. The van der Waals surface area contributed by atoms with Crippen LogP contribution in [-0.2, 0) is 6.42 Å². The molecule has 2 unspecified atom stereocenters. The smallest absolute Gasteiger partial charge is 0.120 e. The van der Waals surface area contributed by atoms with Gasteiger partial charge in [-0.15, -0.1) is 0 Å². The first-order chi connectivity index (χ1) is 9.56. The second-order valence-electron chi connectivity index (χ2n) is 5.47. The van der Waals surface area contributed by atoms with Crippen molar-refractivity contribution in [3.05, 3.63) is 53.5 Å². The third kappa shape index (κ3) is 3.87. The minimum Gasteiger partial charge on any atom is -0.508 e. The van der Waals surface area contributed by atoms with Crippen molar-refractivity contribution >= 4 is 0 Å². The number of benzene rings is 1. The third-order valence-electron chi connectivity index (χ3n) is 3.59. The van der Waals surface area contributed by atoms with E-state index in [9.17, 15) is 5.11 Å². The molecule has 0 amide bonds. The Hall–Kier alpha value is -1.74. The third-order valence-corrected chi connectivity index (χ3v) is 3.59. The molecule has 0 saturated carbocycles. The molecule has 0 radical (unpaired) electrons. The van der Waals surface area contributed by atoms with E-state index in [-0.39, 0.29) is 6.04 Å². The molecule has 0 saturated heterocycles. The minimum atomic E-state index is 0.127. The Bertz CT molecular complexity index is 534. The highest BCUT2D eigenvalue weighted by Crippen LogP contribution is 2.25. The Kier molecular flexibility index (Phi) is 4.85. The van der Waals surface area contributed by atoms with Crippen LogP contribution < -0.4 is 5.32 Å². The lowest BCUT2D eigenvalue weighted by Crippen LogP contribution is -2.29. The van der Waals surface area contributed by atoms with Gasteiger partial charge in [0.1, 0.15) is 11.5 Å². The maximum Gasteiger partial charge on any atom is 0.120 e. The quantitative estimate of drug-likeness (QED) is 0.837. The van der Waals surface area contributed by atoms with Crippen molar-refractivity contribution in [1.82, 2.24) is 5.32 Å². The van der Waals surface area contributed by atoms with E-state index in [0.717, 1.165) is 29.7 Å². The molecule has 0 aliphatic carbocycles. The summed E-state index contributed by atoms with van der Waals surface area (Å²) in [7, 11) is 0. The molecular weight excluding hydrogens is 250 g/mol. The number of rotatable bonds is 6. The molecule has 108 valence electrons. The SMILES string of the molecule is Cc1ccc(C(C)NC(C)CCc2ccco2)c(O)c1. The van der Waals surface area contributed by atoms with E-state index in [2.05, 4.69) is 19.2 Å². The number of hydrogen-bond acceptors (Lipinski definition) is 3. The van der Waals surface area contributed by atoms with Gasteiger partial charge in [-0.3, -0.25) is 0 Å². The molecule has 3 heteroatoms. The van der Waals surface area contributed by atoms with Gasteiger partial charge in [-0.2, -0.15) is 0 Å². The van der Waals surface area contributed by atoms with E-state index in [1.165, 1.54) is 0 Å². The first-order valence-corrected chi connectivity index (χ1v) is 7.14. The molecule has 1 heterocycles. The summed E-state index contributed by atoms with van der Waals surface area (Å²) in [6.45, 7) is 6.21. The Labute approximate surface area is 120 Å². The number of phenolic OH excluding ortho intramolecular Hbond substituents is 1. The molecule has 2 N–H and O–H groups in total. The van der Waals surface area contributed by atoms with Crippen molar-refractivity contribution in [1.29, 1.82) is 0 Å². The number of nitrogens with one attached hydrogen (secondary N) is 1. The van der Waals surface area contributed by atoms with Crippen molar-refractivity contribution in [2.75, 3.05) is 0 Å². The first-order valence-electron chi connectivity index (χ1n) is 7.14. The normalized spacial score (nSPS) is 14.2. The van der Waals surface area contributed by atoms with Crippen LogP contribution in [0.5, 0.6) is 5.75 Å². The summed E-state index contributed by atoms with van der Waals surface area (Å²) in [5.74, 6) is 1.38. The summed E-state index contributed by atoms with van der Waals surface area (Å²) in [6, 6.07) is 10.2. The first kappa shape index (κ1) is 14.7. The van der Waals surface area contributed by atoms with Crippen molar-refractivity contribution in [2.24, 2.45) is 0 Å². The number of furan rings is 1. The van der Waals surface area contributed by atoms with Crippen molar-refractivity contribution < 1.29 is 9.52 Å². The summed E-state index contributed by atoms with van der Waals surface area (Å²) in [4.78, 5) is 0. The van der Waals surface area contributed by atoms with Crippen LogP contribution in [-0.4, -0.2) is 11.1 Å². The summed E-state index contributed by atoms with van der Waals surface area (Å²) >= 11 is 0. The zero-order chi connectivity index (χ0) is 14.5. The van der Waals surface area contributed by atoms with Crippen LogP contribution in [0.25, 0.3) is 0 Å². The zero-order valence-electron chi connectivity index (χ0n) is 12.4. The van der Waals surface area contributed by atoms with Gasteiger partial charge in [-0.1, -0.05) is 12.1 Å². The average molecular weight is 273 g/mol. The van der Waals surface area contributed by atoms with Gasteiger partial charge in [0.05, 0.1) is 6.26 Å². The molecule has 1 aromatic carbocycles. The Morgan fingerprint density at radius 1 is 1.25 bits per heavy atom. The van der Waals surface area contributed by atoms with Crippen LogP contribution in [0.15, 0.2) is 41.0 Å². The Morgan fingerprint density at radius 2 is 2.05 bits per heavy atom. The number of aromatic hydroxyl groups is 1. The fourth-order valence-corrected chi connectivity index (χ4v) is 2.43. The van der Waals surface area contributed by atoms with Gasteiger partial charge in [0.15, 0.2) is 0 Å². The molecule has 1 aromatic heterocycles. The molecule has 0 bridgehead atoms. The van der Waals surface area contributed by atoms with Gasteiger partial charge < -0.3 is 14.8 Å². The van der Waals surface area contributed by atoms with Crippen LogP contribution in [0.1, 0.15) is 43.2 Å². The summed E-state index contributed by atoms with van der Waals surface area (Å²) in [5, 5.41) is 13.5. The van der Waals surface area contributed by atoms with Gasteiger partial charge in [-0.05, 0) is 51.0 Å². The average Bonchev–Trinajstić information content (AvgIpc) is 2.89. The molecule has 2 rings (SSSR count). The van der Waals surface area contributed by atoms with Crippen LogP contribution in [0.2, 0.25) is 0 Å². The highest BCUT2D eigenvalue weighted by molar-refractivity contribution is 5.37. The maximum absolute atomic E-state index is 10.00. The molecule has 0 fully saturated rings. The molecule has 0 aliphatic rings. The van der Waals surface area contributed by atoms with E-state index < -0.39 is 0 Å². The number of hydrogen-bond donors (Lipinski definition) is 2. The standard InChI is InChI=1S/C17H23NO2/c1-12-6-9-16(17(19)11-12)14(3)18-13(2)7-8-15-5-4-10-20-15/h4-6,9-11,13-14,18-19H,7-8H2,1-3H3. The summed E-state index contributed by atoms with van der Waals surface area (Å²) in [6.07, 6.45) is 3.64. The van der Waals surface area contributed by atoms with E-state index in [1.54, 1.807) is 12.3 Å². The van der Waals surface area contributed by atoms with Gasteiger partial charge >= 0.3 is 0 Å². The highest BCUT2D eigenvalue weighted by Gasteiger charge is 2.13. The van der Waals surface area contributed by atoms with Crippen molar-refractivity contribution in [3.8, 4) is 5.75 Å². The maximum atomic E-state index is 10.00. The highest BCUT2D eigenvalue weighted by atomic mass is 16.3. The van der Waals surface area contributed by atoms with Crippen LogP contribution >= 0.6 is 0 Å². The predicted octanol–water partition coefficient (Wildman–Crippen LogP) is 3.97. The monoisotopic (exact) mass is 273 g/mol. The van der Waals surface area contributed by atoms with E-state index in [4.69, 9.17) is 4.42 Å². The van der Waals surface area contributed by atoms with Crippen LogP contribution in [0.4, 0.5) is 0 Å². The molecule has 2 atom stereocenters. The zero-order valence-corrected chi connectivity index (χ0v) is 12.4. The van der Waals surface area contributed by atoms with Crippen molar-refractivity contribution in [2.45, 2.75) is 45.7 Å². The summed E-state index contributed by atoms with van der Waals surface area (Å²) in [5.41, 5.74) is 2.02. The Morgan fingerprint density at radius 3 is 2.70 bits per heavy atom. The number of aryl methyl sites for hydroxylation is 2. The van der Waals surface area contributed by atoms with Gasteiger partial charge in [-0.25, -0.2) is 0 Å². The van der Waals surface area contributed by atoms with E-state index in [1.807, 2.05) is 31.2 Å². The van der Waals surface area contributed by atoms with Crippen LogP contribution in [0.3, 0.4) is 0 Å². The second kappa shape index (κ2) is 6.62. The van der Waals surface area contributed by atoms with Gasteiger partial charge in [0, 0.05) is 24.1 Å². The minimum absolute atomic E-state index is 0.127. The fraction of sp³-hybridized carbons (Fsp3) is 0.412. The Balaban J connectivity index is 1.88. The number of phenols is 1. The molecule has 3 nitrogen and oxygen atoms in total. The molecule has 0 spiro atoms. The second-order valence-corrected chi connectivity index (χ2v) is 5.47. The van der Waals surface area contributed by atoms with Gasteiger partial charge in [0.2, 0.25) is 0 Å². The molecule has 0 aliphatic heterocycles. The van der Waals surface area contributed by atoms with E-state index >= 15 is 0 Å². The predicted molar refractivity (Wildman–Crippen MR) is 80.9 cm³/mol. The molecule has 20 heavy (non-hydrogen) atoms. The lowest BCUT2D eigenvalue weighted by molar-refractivity contribution is 0.413. The fourth-order valence-electron chi connectivity index (χ4n) is 2.43. The lowest BCUT2D eigenvalue weighted by atomic mass is 10.0. The van der Waals surface area contributed by atoms with Crippen molar-refractivity contribution in [3.63, 3.8) is 0 Å².